The van der Waals surface area contributed by atoms with Crippen LogP contribution in [0.4, 0.5) is 34.5 Å². The maximum absolute atomic E-state index is 12.3. The number of hydrogen-bond donors (Lipinski definition) is 4. The van der Waals surface area contributed by atoms with Gasteiger partial charge in [-0.05, 0) is 42.0 Å². The van der Waals surface area contributed by atoms with Crippen LogP contribution in [0.2, 0.25) is 5.02 Å². The zero-order chi connectivity index (χ0) is 28.9. The highest BCUT2D eigenvalue weighted by atomic mass is 35.5. The number of benzene rings is 3. The van der Waals surface area contributed by atoms with Gasteiger partial charge in [-0.15, -0.1) is 0 Å². The molecule has 1 unspecified atom stereocenters. The fourth-order valence-corrected chi connectivity index (χ4v) is 4.90. The van der Waals surface area contributed by atoms with Crippen molar-refractivity contribution >= 4 is 62.8 Å². The predicted octanol–water partition coefficient (Wildman–Crippen LogP) is 5.36. The molecular formula is C30H32ClN7O3. The number of aromatic nitrogens is 2. The minimum absolute atomic E-state index is 0.287. The number of amides is 1. The van der Waals surface area contributed by atoms with Crippen LogP contribution in [-0.4, -0.2) is 65.4 Å². The second-order valence-electron chi connectivity index (χ2n) is 9.62. The molecule has 41 heavy (non-hydrogen) atoms. The number of nitrogens with zero attached hydrogens (tertiary/aromatic N) is 4. The van der Waals surface area contributed by atoms with E-state index in [2.05, 4.69) is 43.5 Å². The molecule has 0 spiro atoms. The first kappa shape index (κ1) is 28.2. The molecule has 1 amide bonds. The molecule has 1 aliphatic heterocycles. The molecule has 1 aromatic heterocycles. The molecule has 4 aromatic rings. The van der Waals surface area contributed by atoms with E-state index in [1.165, 1.54) is 12.3 Å². The number of aliphatic hydroxyl groups excluding tert-OH is 1. The Hall–Kier alpha value is -4.38. The lowest BCUT2D eigenvalue weighted by atomic mass is 10.1. The second kappa shape index (κ2) is 12.4. The van der Waals surface area contributed by atoms with E-state index in [1.54, 1.807) is 20.1 Å². The standard InChI is InChI=1S/C30H32ClN7O3/c1-4-28(40)34-24-16-25(27(41-3)17-26(24)38-13-11-37(12-14-38)19(2)39)35-30-32-18-23(31)29(36-30)33-22-10-9-20-7-5-6-8-21(20)15-22/h4-10,15-19,39H,1,11-14H2,2-3H3,(H,34,40)(H2,32,33,35,36). The zero-order valence-corrected chi connectivity index (χ0v) is 23.7. The second-order valence-corrected chi connectivity index (χ2v) is 10.0. The number of piperazine rings is 1. The van der Waals surface area contributed by atoms with E-state index in [0.717, 1.165) is 22.1 Å². The lowest BCUT2D eigenvalue weighted by Crippen LogP contribution is -2.49. The lowest BCUT2D eigenvalue weighted by Gasteiger charge is -2.38. The van der Waals surface area contributed by atoms with Gasteiger partial charge in [0.1, 0.15) is 17.0 Å². The Kier molecular flexibility index (Phi) is 8.53. The molecule has 0 radical (unpaired) electrons. The Morgan fingerprint density at radius 3 is 2.54 bits per heavy atom. The molecule has 1 saturated heterocycles. The zero-order valence-electron chi connectivity index (χ0n) is 22.9. The summed E-state index contributed by atoms with van der Waals surface area (Å²) in [5, 5.41) is 21.9. The van der Waals surface area contributed by atoms with Gasteiger partial charge in [0.2, 0.25) is 11.9 Å². The van der Waals surface area contributed by atoms with Gasteiger partial charge < -0.3 is 30.7 Å². The molecule has 4 N–H and O–H groups in total. The van der Waals surface area contributed by atoms with Gasteiger partial charge in [-0.25, -0.2) is 4.98 Å². The fraction of sp³-hybridized carbons (Fsp3) is 0.233. The summed E-state index contributed by atoms with van der Waals surface area (Å²) in [7, 11) is 1.58. The normalized spacial score (nSPS) is 14.4. The summed E-state index contributed by atoms with van der Waals surface area (Å²) in [6.07, 6.45) is 2.22. The van der Waals surface area contributed by atoms with Gasteiger partial charge in [-0.3, -0.25) is 9.69 Å². The van der Waals surface area contributed by atoms with E-state index in [0.29, 0.717) is 54.1 Å². The van der Waals surface area contributed by atoms with Crippen molar-refractivity contribution in [1.82, 2.24) is 14.9 Å². The minimum Gasteiger partial charge on any atom is -0.494 e. The summed E-state index contributed by atoms with van der Waals surface area (Å²) in [4.78, 5) is 25.4. The summed E-state index contributed by atoms with van der Waals surface area (Å²) in [5.74, 6) is 0.924. The summed E-state index contributed by atoms with van der Waals surface area (Å²) in [6, 6.07) is 17.8. The van der Waals surface area contributed by atoms with E-state index >= 15 is 0 Å². The first-order chi connectivity index (χ1) is 19.8. The average Bonchev–Trinajstić information content (AvgIpc) is 2.99. The molecule has 1 atom stereocenters. The van der Waals surface area contributed by atoms with E-state index < -0.39 is 6.23 Å². The topological polar surface area (TPSA) is 115 Å². The van der Waals surface area contributed by atoms with Gasteiger partial charge in [0.15, 0.2) is 5.82 Å². The van der Waals surface area contributed by atoms with Gasteiger partial charge >= 0.3 is 0 Å². The smallest absolute Gasteiger partial charge is 0.247 e. The fourth-order valence-electron chi connectivity index (χ4n) is 4.76. The van der Waals surface area contributed by atoms with Gasteiger partial charge in [0.25, 0.3) is 0 Å². The maximum Gasteiger partial charge on any atom is 0.247 e. The molecule has 5 rings (SSSR count). The summed E-state index contributed by atoms with van der Waals surface area (Å²) < 4.78 is 5.72. The number of nitrogens with one attached hydrogen (secondary N) is 3. The third-order valence-corrected chi connectivity index (χ3v) is 7.22. The predicted molar refractivity (Wildman–Crippen MR) is 165 cm³/mol. The number of rotatable bonds is 9. The number of anilines is 6. The Morgan fingerprint density at radius 1 is 1.07 bits per heavy atom. The minimum atomic E-state index is -0.516. The van der Waals surface area contributed by atoms with Crippen molar-refractivity contribution in [3.05, 3.63) is 78.5 Å². The first-order valence-electron chi connectivity index (χ1n) is 13.2. The van der Waals surface area contributed by atoms with Crippen LogP contribution in [0.5, 0.6) is 5.75 Å². The van der Waals surface area contributed by atoms with Crippen LogP contribution in [0.3, 0.4) is 0 Å². The number of carbonyl (C=O) groups is 1. The number of ether oxygens (including phenoxy) is 1. The lowest BCUT2D eigenvalue weighted by molar-refractivity contribution is -0.111. The highest BCUT2D eigenvalue weighted by Crippen LogP contribution is 2.39. The van der Waals surface area contributed by atoms with Crippen LogP contribution in [0.25, 0.3) is 10.8 Å². The van der Waals surface area contributed by atoms with Gasteiger partial charge in [-0.2, -0.15) is 4.98 Å². The van der Waals surface area contributed by atoms with E-state index in [9.17, 15) is 9.90 Å². The summed E-state index contributed by atoms with van der Waals surface area (Å²) in [5.41, 5.74) is 2.76. The van der Waals surface area contributed by atoms with Crippen LogP contribution < -0.4 is 25.6 Å². The highest BCUT2D eigenvalue weighted by molar-refractivity contribution is 6.33. The number of halogens is 1. The molecule has 10 nitrogen and oxygen atoms in total. The first-order valence-corrected chi connectivity index (χ1v) is 13.6. The Balaban J connectivity index is 1.43. The molecule has 1 aliphatic rings. The molecule has 2 heterocycles. The van der Waals surface area contributed by atoms with Gasteiger partial charge in [-0.1, -0.05) is 48.5 Å². The Morgan fingerprint density at radius 2 is 1.83 bits per heavy atom. The van der Waals surface area contributed by atoms with Crippen molar-refractivity contribution < 1.29 is 14.6 Å². The van der Waals surface area contributed by atoms with Gasteiger partial charge in [0.05, 0.1) is 30.4 Å². The van der Waals surface area contributed by atoms with Crippen LogP contribution in [-0.2, 0) is 4.79 Å². The van der Waals surface area contributed by atoms with Crippen molar-refractivity contribution in [2.24, 2.45) is 0 Å². The molecule has 11 heteroatoms. The number of fused-ring (bicyclic) bond motifs is 1. The van der Waals surface area contributed by atoms with Crippen molar-refractivity contribution in [2.45, 2.75) is 13.2 Å². The monoisotopic (exact) mass is 573 g/mol. The van der Waals surface area contributed by atoms with Crippen molar-refractivity contribution in [3.8, 4) is 5.75 Å². The summed E-state index contributed by atoms with van der Waals surface area (Å²) in [6.45, 7) is 8.04. The van der Waals surface area contributed by atoms with E-state index in [-0.39, 0.29) is 11.9 Å². The molecule has 212 valence electrons. The summed E-state index contributed by atoms with van der Waals surface area (Å²) >= 11 is 6.44. The molecule has 0 bridgehead atoms. The molecule has 1 fully saturated rings. The maximum atomic E-state index is 12.3. The third kappa shape index (κ3) is 6.51. The average molecular weight is 574 g/mol. The number of aliphatic hydroxyl groups is 1. The van der Waals surface area contributed by atoms with Crippen molar-refractivity contribution in [2.75, 3.05) is 54.1 Å². The quantitative estimate of drug-likeness (QED) is 0.196. The number of hydrogen-bond acceptors (Lipinski definition) is 9. The Labute approximate surface area is 243 Å². The van der Waals surface area contributed by atoms with Crippen molar-refractivity contribution in [1.29, 1.82) is 0 Å². The largest absolute Gasteiger partial charge is 0.494 e. The van der Waals surface area contributed by atoms with E-state index in [4.69, 9.17) is 16.3 Å². The number of carbonyl (C=O) groups excluding carboxylic acids is 1. The molecule has 0 saturated carbocycles. The van der Waals surface area contributed by atoms with Crippen LogP contribution >= 0.6 is 11.6 Å². The Bertz CT molecular complexity index is 1570. The third-order valence-electron chi connectivity index (χ3n) is 6.95. The van der Waals surface area contributed by atoms with Crippen LogP contribution in [0.1, 0.15) is 6.92 Å². The molecule has 3 aromatic carbocycles. The molecular weight excluding hydrogens is 542 g/mol. The van der Waals surface area contributed by atoms with Crippen LogP contribution in [0, 0.1) is 0 Å². The number of methoxy groups -OCH3 is 1. The highest BCUT2D eigenvalue weighted by Gasteiger charge is 2.24. The van der Waals surface area contributed by atoms with Crippen molar-refractivity contribution in [3.63, 3.8) is 0 Å². The van der Waals surface area contributed by atoms with Crippen LogP contribution in [0.15, 0.2) is 73.4 Å². The SMILES string of the molecule is C=CC(=O)Nc1cc(Nc2ncc(Cl)c(Nc3ccc4ccccc4c3)n2)c(OC)cc1N1CCN(C(C)O)CC1. The van der Waals surface area contributed by atoms with E-state index in [1.807, 2.05) is 47.4 Å². The van der Waals surface area contributed by atoms with Gasteiger partial charge in [0, 0.05) is 37.9 Å². The molecule has 0 aliphatic carbocycles.